The Bertz CT molecular complexity index is 634. The molecule has 0 bridgehead atoms. The van der Waals surface area contributed by atoms with Crippen LogP contribution in [-0.2, 0) is 14.3 Å². The molecule has 7 heteroatoms. The quantitative estimate of drug-likeness (QED) is 0.493. The summed E-state index contributed by atoms with van der Waals surface area (Å²) in [6.07, 6.45) is 1.80. The van der Waals surface area contributed by atoms with Crippen LogP contribution in [0.25, 0.3) is 0 Å². The highest BCUT2D eigenvalue weighted by Gasteiger charge is 2.34. The molecule has 0 spiro atoms. The molecule has 1 unspecified atom stereocenters. The lowest BCUT2D eigenvalue weighted by molar-refractivity contribution is -0.147. The van der Waals surface area contributed by atoms with Gasteiger partial charge >= 0.3 is 11.9 Å². The minimum Gasteiger partial charge on any atom is -0.478 e. The van der Waals surface area contributed by atoms with Crippen molar-refractivity contribution in [3.63, 3.8) is 0 Å². The summed E-state index contributed by atoms with van der Waals surface area (Å²) in [5.74, 6) is -1.45. The molecule has 0 radical (unpaired) electrons. The fourth-order valence-electron chi connectivity index (χ4n) is 2.69. The van der Waals surface area contributed by atoms with Crippen LogP contribution in [0.1, 0.15) is 18.0 Å². The van der Waals surface area contributed by atoms with Crippen molar-refractivity contribution in [2.45, 2.75) is 17.7 Å². The largest absolute Gasteiger partial charge is 0.478 e. The van der Waals surface area contributed by atoms with E-state index < -0.39 is 18.0 Å². The maximum absolute atomic E-state index is 12.3. The van der Waals surface area contributed by atoms with Crippen molar-refractivity contribution in [2.24, 2.45) is 0 Å². The van der Waals surface area contributed by atoms with Crippen LogP contribution < -0.4 is 0 Å². The SMILES string of the molecule is COC(=O)[C@H](c1ccccc1Cl)N1CCC(S)C(=CC(=O)O)C1. The second-order valence-electron chi connectivity index (χ2n) is 5.28. The summed E-state index contributed by atoms with van der Waals surface area (Å²) in [5, 5.41) is 9.32. The van der Waals surface area contributed by atoms with Crippen LogP contribution >= 0.6 is 24.2 Å². The number of carboxylic acids is 1. The summed E-state index contributed by atoms with van der Waals surface area (Å²) in [6.45, 7) is 0.918. The van der Waals surface area contributed by atoms with Crippen molar-refractivity contribution in [3.8, 4) is 0 Å². The van der Waals surface area contributed by atoms with E-state index in [4.69, 9.17) is 21.4 Å². The number of ether oxygens (including phenoxy) is 1. The van der Waals surface area contributed by atoms with Crippen molar-refractivity contribution < 1.29 is 19.4 Å². The lowest BCUT2D eigenvalue weighted by Crippen LogP contribution is -2.42. The molecule has 1 aliphatic heterocycles. The Labute approximate surface area is 145 Å². The van der Waals surface area contributed by atoms with Crippen molar-refractivity contribution in [1.82, 2.24) is 4.90 Å². The number of piperidine rings is 1. The first-order valence-electron chi connectivity index (χ1n) is 7.11. The molecule has 124 valence electrons. The zero-order valence-electron chi connectivity index (χ0n) is 12.6. The molecule has 1 fully saturated rings. The van der Waals surface area contributed by atoms with Crippen molar-refractivity contribution in [1.29, 1.82) is 0 Å². The molecule has 23 heavy (non-hydrogen) atoms. The van der Waals surface area contributed by atoms with Gasteiger partial charge < -0.3 is 9.84 Å². The van der Waals surface area contributed by atoms with Crippen LogP contribution in [0.5, 0.6) is 0 Å². The van der Waals surface area contributed by atoms with Gasteiger partial charge in [0, 0.05) is 29.4 Å². The predicted octanol–water partition coefficient (Wildman–Crippen LogP) is 2.57. The zero-order valence-corrected chi connectivity index (χ0v) is 14.3. The highest BCUT2D eigenvalue weighted by atomic mass is 35.5. The summed E-state index contributed by atoms with van der Waals surface area (Å²) >= 11 is 10.7. The third kappa shape index (κ3) is 4.28. The van der Waals surface area contributed by atoms with E-state index in [0.29, 0.717) is 35.7 Å². The molecule has 0 saturated carbocycles. The monoisotopic (exact) mass is 355 g/mol. The first-order chi connectivity index (χ1) is 10.9. The minimum atomic E-state index is -1.02. The number of methoxy groups -OCH3 is 1. The van der Waals surface area contributed by atoms with Gasteiger partial charge in [-0.3, -0.25) is 4.90 Å². The second kappa shape index (κ2) is 7.86. The van der Waals surface area contributed by atoms with Gasteiger partial charge in [0.15, 0.2) is 0 Å². The van der Waals surface area contributed by atoms with Crippen LogP contribution in [0.3, 0.4) is 0 Å². The molecule has 1 saturated heterocycles. The molecular weight excluding hydrogens is 338 g/mol. The number of hydrogen-bond donors (Lipinski definition) is 2. The molecule has 1 aromatic rings. The molecule has 0 aliphatic carbocycles. The molecule has 0 aromatic heterocycles. The lowest BCUT2D eigenvalue weighted by atomic mass is 9.98. The Morgan fingerprint density at radius 3 is 2.78 bits per heavy atom. The third-order valence-corrected chi connectivity index (χ3v) is 4.74. The number of rotatable bonds is 4. The molecule has 1 aromatic carbocycles. The van der Waals surface area contributed by atoms with Crippen LogP contribution in [0, 0.1) is 0 Å². The Morgan fingerprint density at radius 2 is 2.17 bits per heavy atom. The maximum atomic E-state index is 12.3. The van der Waals surface area contributed by atoms with E-state index in [1.807, 2.05) is 4.90 Å². The van der Waals surface area contributed by atoms with Gasteiger partial charge in [0.1, 0.15) is 6.04 Å². The number of likely N-dealkylation sites (tertiary alicyclic amines) is 1. The summed E-state index contributed by atoms with van der Waals surface area (Å²) in [5.41, 5.74) is 1.31. The van der Waals surface area contributed by atoms with Gasteiger partial charge in [0.2, 0.25) is 0 Å². The average molecular weight is 356 g/mol. The van der Waals surface area contributed by atoms with Gasteiger partial charge in [-0.2, -0.15) is 12.6 Å². The van der Waals surface area contributed by atoms with Crippen LogP contribution in [0.2, 0.25) is 5.02 Å². The number of hydrogen-bond acceptors (Lipinski definition) is 5. The number of carbonyl (C=O) groups excluding carboxylic acids is 1. The molecular formula is C16H18ClNO4S. The number of esters is 1. The number of carbonyl (C=O) groups is 2. The van der Waals surface area contributed by atoms with Gasteiger partial charge in [-0.15, -0.1) is 0 Å². The first kappa shape index (κ1) is 17.8. The van der Waals surface area contributed by atoms with Gasteiger partial charge in [0.25, 0.3) is 0 Å². The number of carboxylic acid groups (broad SMARTS) is 1. The lowest BCUT2D eigenvalue weighted by Gasteiger charge is -2.36. The highest BCUT2D eigenvalue weighted by Crippen LogP contribution is 2.33. The van der Waals surface area contributed by atoms with Gasteiger partial charge in [-0.05, 0) is 23.6 Å². The number of thiol groups is 1. The number of nitrogens with zero attached hydrogens (tertiary/aromatic N) is 1. The number of aliphatic carboxylic acids is 1. The van der Waals surface area contributed by atoms with Crippen LogP contribution in [-0.4, -0.2) is 47.4 Å². The van der Waals surface area contributed by atoms with Crippen molar-refractivity contribution >= 4 is 36.2 Å². The fraction of sp³-hybridized carbons (Fsp3) is 0.375. The Hall–Kier alpha value is -1.50. The third-order valence-electron chi connectivity index (χ3n) is 3.80. The smallest absolute Gasteiger partial charge is 0.328 e. The molecule has 2 atom stereocenters. The van der Waals surface area contributed by atoms with E-state index in [-0.39, 0.29) is 5.25 Å². The van der Waals surface area contributed by atoms with Gasteiger partial charge in [-0.1, -0.05) is 29.8 Å². The highest BCUT2D eigenvalue weighted by molar-refractivity contribution is 7.81. The first-order valence-corrected chi connectivity index (χ1v) is 8.01. The average Bonchev–Trinajstić information content (AvgIpc) is 2.51. The van der Waals surface area contributed by atoms with Crippen molar-refractivity contribution in [3.05, 3.63) is 46.5 Å². The number of benzene rings is 1. The molecule has 1 heterocycles. The van der Waals surface area contributed by atoms with E-state index in [1.54, 1.807) is 24.3 Å². The van der Waals surface area contributed by atoms with Gasteiger partial charge in [0.05, 0.1) is 7.11 Å². The molecule has 1 N–H and O–H groups in total. The van der Waals surface area contributed by atoms with Crippen molar-refractivity contribution in [2.75, 3.05) is 20.2 Å². The summed E-state index contributed by atoms with van der Waals surface area (Å²) in [7, 11) is 1.32. The Morgan fingerprint density at radius 1 is 1.48 bits per heavy atom. The standard InChI is InChI=1S/C16H18ClNO4S/c1-22-16(21)15(11-4-2-3-5-12(11)17)18-7-6-13(23)10(9-18)8-14(19)20/h2-5,8,13,15,23H,6-7,9H2,1H3,(H,19,20)/t13?,15-/m0/s1. The molecule has 0 amide bonds. The Balaban J connectivity index is 2.35. The van der Waals surface area contributed by atoms with Crippen LogP contribution in [0.15, 0.2) is 35.9 Å². The topological polar surface area (TPSA) is 66.8 Å². The normalized spacial score (nSPS) is 21.9. The van der Waals surface area contributed by atoms with E-state index in [2.05, 4.69) is 12.6 Å². The number of halogens is 1. The summed E-state index contributed by atoms with van der Waals surface area (Å²) in [6, 6.07) is 6.40. The summed E-state index contributed by atoms with van der Waals surface area (Å²) < 4.78 is 4.92. The Kier molecular flexibility index (Phi) is 6.10. The van der Waals surface area contributed by atoms with Crippen LogP contribution in [0.4, 0.5) is 0 Å². The van der Waals surface area contributed by atoms with Gasteiger partial charge in [-0.25, -0.2) is 9.59 Å². The molecule has 1 aliphatic rings. The van der Waals surface area contributed by atoms with E-state index in [9.17, 15) is 9.59 Å². The van der Waals surface area contributed by atoms with E-state index in [0.717, 1.165) is 6.08 Å². The minimum absolute atomic E-state index is 0.133. The second-order valence-corrected chi connectivity index (χ2v) is 6.31. The summed E-state index contributed by atoms with van der Waals surface area (Å²) in [4.78, 5) is 25.1. The fourth-order valence-corrected chi connectivity index (χ4v) is 3.21. The van der Waals surface area contributed by atoms with E-state index >= 15 is 0 Å². The molecule has 5 nitrogen and oxygen atoms in total. The maximum Gasteiger partial charge on any atom is 0.328 e. The molecule has 2 rings (SSSR count). The van der Waals surface area contributed by atoms with E-state index in [1.165, 1.54) is 7.11 Å². The predicted molar refractivity (Wildman–Crippen MR) is 90.9 cm³/mol. The zero-order chi connectivity index (χ0) is 17.0.